The van der Waals surface area contributed by atoms with E-state index in [9.17, 15) is 18.9 Å². The number of piperazine rings is 1. The second-order valence-corrected chi connectivity index (χ2v) is 11.9. The maximum Gasteiger partial charge on any atom is 0.333 e. The summed E-state index contributed by atoms with van der Waals surface area (Å²) in [6, 6.07) is 9.50. The Bertz CT molecular complexity index is 1230. The molecule has 2 aromatic rings. The Balaban J connectivity index is 1.78. The van der Waals surface area contributed by atoms with E-state index < -0.39 is 25.5 Å². The van der Waals surface area contributed by atoms with E-state index in [-0.39, 0.29) is 37.4 Å². The molecule has 1 aliphatic heterocycles. The van der Waals surface area contributed by atoms with Crippen molar-refractivity contribution in [2.75, 3.05) is 64.5 Å². The molecule has 0 unspecified atom stereocenters. The van der Waals surface area contributed by atoms with E-state index in [0.717, 1.165) is 13.0 Å². The molecule has 0 bridgehead atoms. The first-order chi connectivity index (χ1) is 20.2. The lowest BCUT2D eigenvalue weighted by Crippen LogP contribution is -2.56. The second-order valence-electron chi connectivity index (χ2n) is 9.75. The normalized spacial score (nSPS) is 14.8. The summed E-state index contributed by atoms with van der Waals surface area (Å²) < 4.78 is 24.4. The molecular weight excluding hydrogens is 563 g/mol. The molecule has 1 aromatic heterocycles. The molecule has 3 rings (SSSR count). The minimum atomic E-state index is -3.71. The molecule has 42 heavy (non-hydrogen) atoms. The number of carbonyl (C=O) groups excluding carboxylic acids is 2. The lowest BCUT2D eigenvalue weighted by molar-refractivity contribution is -0.137. The van der Waals surface area contributed by atoms with Crippen LogP contribution in [0.25, 0.3) is 11.4 Å². The van der Waals surface area contributed by atoms with Gasteiger partial charge in [-0.2, -0.15) is 0 Å². The molecule has 0 radical (unpaired) electrons. The molecular formula is C28H41N6O7P. The first-order valence-corrected chi connectivity index (χ1v) is 15.9. The van der Waals surface area contributed by atoms with E-state index >= 15 is 0 Å². The van der Waals surface area contributed by atoms with Crippen LogP contribution >= 0.6 is 7.60 Å². The zero-order valence-corrected chi connectivity index (χ0v) is 25.3. The van der Waals surface area contributed by atoms with Crippen molar-refractivity contribution in [3.63, 3.8) is 0 Å². The Morgan fingerprint density at radius 1 is 1.02 bits per heavy atom. The summed E-state index contributed by atoms with van der Waals surface area (Å²) in [5.74, 6) is -1.06. The predicted octanol–water partition coefficient (Wildman–Crippen LogP) is 2.95. The molecule has 1 atom stereocenters. The molecule has 1 fully saturated rings. The van der Waals surface area contributed by atoms with Crippen LogP contribution in [0.1, 0.15) is 43.6 Å². The molecule has 230 valence electrons. The van der Waals surface area contributed by atoms with Crippen molar-refractivity contribution in [2.45, 2.75) is 39.2 Å². The average molecular weight is 605 g/mol. The lowest BCUT2D eigenvalue weighted by atomic mass is 10.2. The highest BCUT2D eigenvalue weighted by atomic mass is 31.2. The topological polar surface area (TPSA) is 163 Å². The van der Waals surface area contributed by atoms with Crippen LogP contribution in [0.4, 0.5) is 5.82 Å². The number of unbranched alkanes of at least 4 members (excludes halogenated alkanes) is 1. The van der Waals surface area contributed by atoms with E-state index in [1.807, 2.05) is 30.3 Å². The summed E-state index contributed by atoms with van der Waals surface area (Å²) in [5.41, 5.74) is 0.758. The Morgan fingerprint density at radius 3 is 2.29 bits per heavy atom. The van der Waals surface area contributed by atoms with Crippen LogP contribution in [0, 0.1) is 0 Å². The van der Waals surface area contributed by atoms with Crippen LogP contribution in [-0.2, 0) is 23.2 Å². The van der Waals surface area contributed by atoms with Crippen LogP contribution in [0.15, 0.2) is 36.4 Å². The molecule has 14 heteroatoms. The summed E-state index contributed by atoms with van der Waals surface area (Å²) in [6.45, 7) is 6.36. The highest BCUT2D eigenvalue weighted by Crippen LogP contribution is 2.48. The van der Waals surface area contributed by atoms with Crippen molar-refractivity contribution in [2.24, 2.45) is 0 Å². The van der Waals surface area contributed by atoms with E-state index in [0.29, 0.717) is 49.8 Å². The zero-order valence-electron chi connectivity index (χ0n) is 24.5. The fraction of sp³-hybridized carbons (Fsp3) is 0.536. The van der Waals surface area contributed by atoms with E-state index in [1.165, 1.54) is 6.07 Å². The van der Waals surface area contributed by atoms with Crippen LogP contribution in [0.2, 0.25) is 0 Å². The maximum atomic E-state index is 13.8. The monoisotopic (exact) mass is 604 g/mol. The van der Waals surface area contributed by atoms with Crippen molar-refractivity contribution in [1.82, 2.24) is 25.1 Å². The molecule has 0 spiro atoms. The van der Waals surface area contributed by atoms with Gasteiger partial charge in [-0.1, -0.05) is 30.3 Å². The molecule has 2 heterocycles. The summed E-state index contributed by atoms with van der Waals surface area (Å²) in [7, 11) is -2.03. The number of aliphatic carboxylic acids is 1. The van der Waals surface area contributed by atoms with E-state index in [2.05, 4.69) is 25.5 Å². The Kier molecular flexibility index (Phi) is 12.9. The summed E-state index contributed by atoms with van der Waals surface area (Å²) in [4.78, 5) is 50.7. The lowest BCUT2D eigenvalue weighted by Gasteiger charge is -2.37. The molecule has 1 aromatic carbocycles. The minimum absolute atomic E-state index is 0.0415. The van der Waals surface area contributed by atoms with Gasteiger partial charge in [-0.3, -0.25) is 23.8 Å². The summed E-state index contributed by atoms with van der Waals surface area (Å²) in [5, 5.41) is 14.5. The fourth-order valence-electron chi connectivity index (χ4n) is 4.61. The largest absolute Gasteiger partial charge is 0.481 e. The molecule has 13 nitrogen and oxygen atoms in total. The maximum absolute atomic E-state index is 13.8. The third-order valence-corrected chi connectivity index (χ3v) is 8.82. The van der Waals surface area contributed by atoms with Gasteiger partial charge >= 0.3 is 13.6 Å². The van der Waals surface area contributed by atoms with Crippen LogP contribution in [-0.4, -0.2) is 108 Å². The minimum Gasteiger partial charge on any atom is -0.481 e. The Morgan fingerprint density at radius 2 is 1.69 bits per heavy atom. The van der Waals surface area contributed by atoms with Crippen LogP contribution in [0.5, 0.6) is 0 Å². The van der Waals surface area contributed by atoms with Crippen molar-refractivity contribution >= 4 is 31.2 Å². The number of nitrogens with zero attached hydrogens (tertiary/aromatic N) is 4. The highest BCUT2D eigenvalue weighted by molar-refractivity contribution is 7.54. The number of carboxylic acid groups (broad SMARTS) is 1. The number of carboxylic acids is 1. The standard InChI is InChI=1S/C28H41N6O7P/c1-4-40-42(39,41-5-2)20-23(28(38)34-17-15-33(16-18-34)14-10-9-13-25(35)36)31-27(37)22-19-24(29-3)32-26(30-22)21-11-7-6-8-12-21/h6-8,11-12,19,23H,4-5,9-10,13-18,20H2,1-3H3,(H,31,37)(H,35,36)(H,29,30,32)/t23-/m0/s1. The number of benzene rings is 1. The van der Waals surface area contributed by atoms with Gasteiger partial charge in [0.15, 0.2) is 5.82 Å². The molecule has 1 aliphatic rings. The van der Waals surface area contributed by atoms with Crippen molar-refractivity contribution in [3.05, 3.63) is 42.1 Å². The van der Waals surface area contributed by atoms with Gasteiger partial charge in [0, 0.05) is 51.3 Å². The highest BCUT2D eigenvalue weighted by Gasteiger charge is 2.37. The third-order valence-electron chi connectivity index (χ3n) is 6.71. The van der Waals surface area contributed by atoms with Gasteiger partial charge in [-0.15, -0.1) is 0 Å². The number of nitrogens with one attached hydrogen (secondary N) is 2. The quantitative estimate of drug-likeness (QED) is 0.191. The molecule has 0 saturated carbocycles. The number of hydrogen-bond donors (Lipinski definition) is 3. The van der Waals surface area contributed by atoms with Crippen molar-refractivity contribution in [1.29, 1.82) is 0 Å². The van der Waals surface area contributed by atoms with Gasteiger partial charge < -0.3 is 29.7 Å². The van der Waals surface area contributed by atoms with Gasteiger partial charge in [-0.05, 0) is 33.2 Å². The van der Waals surface area contributed by atoms with Crippen molar-refractivity contribution < 1.29 is 33.1 Å². The molecule has 0 aliphatic carbocycles. The Labute approximate surface area is 246 Å². The van der Waals surface area contributed by atoms with E-state index in [4.69, 9.17) is 14.2 Å². The van der Waals surface area contributed by atoms with Gasteiger partial charge in [0.05, 0.1) is 19.4 Å². The number of amides is 2. The van der Waals surface area contributed by atoms with Gasteiger partial charge in [-0.25, -0.2) is 9.97 Å². The van der Waals surface area contributed by atoms with Crippen LogP contribution < -0.4 is 10.6 Å². The Hall–Kier alpha value is -3.38. The molecule has 3 N–H and O–H groups in total. The first kappa shape index (κ1) is 33.1. The number of anilines is 1. The average Bonchev–Trinajstić information content (AvgIpc) is 2.99. The number of carbonyl (C=O) groups is 3. The van der Waals surface area contributed by atoms with E-state index in [1.54, 1.807) is 25.8 Å². The number of aromatic nitrogens is 2. The first-order valence-electron chi connectivity index (χ1n) is 14.2. The van der Waals surface area contributed by atoms with Gasteiger partial charge in [0.2, 0.25) is 5.91 Å². The van der Waals surface area contributed by atoms with Crippen molar-refractivity contribution in [3.8, 4) is 11.4 Å². The smallest absolute Gasteiger partial charge is 0.333 e. The van der Waals surface area contributed by atoms with Gasteiger partial charge in [0.1, 0.15) is 17.6 Å². The zero-order chi connectivity index (χ0) is 30.5. The molecule has 2 amide bonds. The number of hydrogen-bond acceptors (Lipinski definition) is 10. The summed E-state index contributed by atoms with van der Waals surface area (Å²) in [6.07, 6.45) is 1.15. The van der Waals surface area contributed by atoms with Crippen LogP contribution in [0.3, 0.4) is 0 Å². The fourth-order valence-corrected chi connectivity index (χ4v) is 6.38. The SMILES string of the molecule is CCOP(=O)(C[C@H](NC(=O)c1cc(NC)nc(-c2ccccc2)n1)C(=O)N1CCN(CCCCC(=O)O)CC1)OCC. The third kappa shape index (κ3) is 9.87. The van der Waals surface area contributed by atoms with Gasteiger partial charge in [0.25, 0.3) is 5.91 Å². The molecule has 1 saturated heterocycles. The second kappa shape index (κ2) is 16.3. The summed E-state index contributed by atoms with van der Waals surface area (Å²) >= 11 is 0. The number of rotatable bonds is 16. The predicted molar refractivity (Wildman–Crippen MR) is 159 cm³/mol.